The molecule has 2 N–H and O–H groups in total. The Morgan fingerprint density at radius 3 is 2.52 bits per heavy atom. The number of carboxylic acid groups (broad SMARTS) is 1. The van der Waals surface area contributed by atoms with Crippen molar-refractivity contribution in [3.8, 4) is 0 Å². The molecular weight excluding hydrogens is 290 g/mol. The van der Waals surface area contributed by atoms with Crippen LogP contribution in [-0.2, 0) is 11.3 Å². The average Bonchev–Trinajstić information content (AvgIpc) is 3.11. The van der Waals surface area contributed by atoms with E-state index in [1.807, 2.05) is 30.3 Å². The first-order valence-electron chi connectivity index (χ1n) is 7.96. The van der Waals surface area contributed by atoms with Gasteiger partial charge in [-0.15, -0.1) is 0 Å². The molecule has 1 saturated heterocycles. The monoisotopic (exact) mass is 311 g/mol. The van der Waals surface area contributed by atoms with Gasteiger partial charge in [0, 0.05) is 13.2 Å². The highest BCUT2D eigenvalue weighted by Gasteiger charge is 2.26. The Balaban J connectivity index is 1.70. The maximum absolute atomic E-state index is 10.9. The van der Waals surface area contributed by atoms with Crippen LogP contribution in [0.4, 0.5) is 0 Å². The van der Waals surface area contributed by atoms with Gasteiger partial charge >= 0.3 is 5.97 Å². The first-order chi connectivity index (χ1) is 11.2. The van der Waals surface area contributed by atoms with E-state index in [9.17, 15) is 4.79 Å². The smallest absolute Gasteiger partial charge is 0.335 e. The summed E-state index contributed by atoms with van der Waals surface area (Å²) >= 11 is 0. The lowest BCUT2D eigenvalue weighted by Crippen LogP contribution is -2.31. The molecule has 0 spiro atoms. The van der Waals surface area contributed by atoms with Crippen LogP contribution in [-0.4, -0.2) is 23.8 Å². The molecule has 0 bridgehead atoms. The van der Waals surface area contributed by atoms with E-state index in [1.165, 1.54) is 5.56 Å². The summed E-state index contributed by atoms with van der Waals surface area (Å²) in [5.74, 6) is -0.897. The Morgan fingerprint density at radius 1 is 1.17 bits per heavy atom. The number of carboxylic acids is 1. The zero-order valence-corrected chi connectivity index (χ0v) is 12.9. The molecule has 0 aromatic heterocycles. The molecule has 1 heterocycles. The van der Waals surface area contributed by atoms with Crippen molar-refractivity contribution in [2.24, 2.45) is 0 Å². The second kappa shape index (κ2) is 7.40. The Morgan fingerprint density at radius 2 is 1.91 bits per heavy atom. The van der Waals surface area contributed by atoms with Gasteiger partial charge in [-0.3, -0.25) is 0 Å². The SMILES string of the molecule is O=C(O)c1ccc(CNC(c2ccccc2)C2CCCO2)cc1. The van der Waals surface area contributed by atoms with Gasteiger partial charge in [0.1, 0.15) is 0 Å². The van der Waals surface area contributed by atoms with Crippen molar-refractivity contribution in [1.29, 1.82) is 0 Å². The van der Waals surface area contributed by atoms with E-state index in [0.717, 1.165) is 25.0 Å². The third kappa shape index (κ3) is 3.97. The highest BCUT2D eigenvalue weighted by molar-refractivity contribution is 5.87. The van der Waals surface area contributed by atoms with Gasteiger partial charge in [-0.05, 0) is 36.1 Å². The summed E-state index contributed by atoms with van der Waals surface area (Å²) in [5.41, 5.74) is 2.60. The van der Waals surface area contributed by atoms with Crippen LogP contribution in [0.1, 0.15) is 40.4 Å². The predicted molar refractivity (Wildman–Crippen MR) is 88.4 cm³/mol. The molecule has 0 aliphatic carbocycles. The largest absolute Gasteiger partial charge is 0.478 e. The minimum absolute atomic E-state index is 0.151. The molecule has 1 aliphatic rings. The third-order valence-electron chi connectivity index (χ3n) is 4.22. The van der Waals surface area contributed by atoms with Crippen LogP contribution in [0.15, 0.2) is 54.6 Å². The summed E-state index contributed by atoms with van der Waals surface area (Å²) in [4.78, 5) is 10.9. The van der Waals surface area contributed by atoms with E-state index in [4.69, 9.17) is 9.84 Å². The molecule has 23 heavy (non-hydrogen) atoms. The minimum Gasteiger partial charge on any atom is -0.478 e. The lowest BCUT2D eigenvalue weighted by Gasteiger charge is -2.25. The van der Waals surface area contributed by atoms with E-state index in [-0.39, 0.29) is 12.1 Å². The molecule has 120 valence electrons. The van der Waals surface area contributed by atoms with Crippen molar-refractivity contribution < 1.29 is 14.6 Å². The third-order valence-corrected chi connectivity index (χ3v) is 4.22. The van der Waals surface area contributed by atoms with Crippen LogP contribution in [0.2, 0.25) is 0 Å². The van der Waals surface area contributed by atoms with Crippen molar-refractivity contribution in [3.05, 3.63) is 71.3 Å². The number of rotatable bonds is 6. The Labute approximate surface area is 136 Å². The second-order valence-corrected chi connectivity index (χ2v) is 5.82. The molecule has 4 nitrogen and oxygen atoms in total. The molecule has 2 unspecified atom stereocenters. The van der Waals surface area contributed by atoms with Crippen molar-refractivity contribution in [2.75, 3.05) is 6.61 Å². The van der Waals surface area contributed by atoms with Crippen LogP contribution < -0.4 is 5.32 Å². The molecule has 2 aromatic carbocycles. The van der Waals surface area contributed by atoms with E-state index in [1.54, 1.807) is 12.1 Å². The number of benzene rings is 2. The molecule has 3 rings (SSSR count). The van der Waals surface area contributed by atoms with E-state index in [2.05, 4.69) is 17.4 Å². The van der Waals surface area contributed by atoms with Crippen molar-refractivity contribution in [3.63, 3.8) is 0 Å². The van der Waals surface area contributed by atoms with Crippen LogP contribution in [0.5, 0.6) is 0 Å². The summed E-state index contributed by atoms with van der Waals surface area (Å²) < 4.78 is 5.87. The van der Waals surface area contributed by atoms with E-state index >= 15 is 0 Å². The van der Waals surface area contributed by atoms with Gasteiger partial charge < -0.3 is 15.2 Å². The maximum atomic E-state index is 10.9. The standard InChI is InChI=1S/C19H21NO3/c21-19(22)16-10-8-14(9-11-16)13-20-18(17-7-4-12-23-17)15-5-2-1-3-6-15/h1-3,5-6,8-11,17-18,20H,4,7,12-13H2,(H,21,22). The molecule has 1 aliphatic heterocycles. The van der Waals surface area contributed by atoms with Crippen molar-refractivity contribution in [1.82, 2.24) is 5.32 Å². The lowest BCUT2D eigenvalue weighted by molar-refractivity contribution is 0.0697. The predicted octanol–water partition coefficient (Wildman–Crippen LogP) is 3.39. The van der Waals surface area contributed by atoms with Crippen LogP contribution in [0, 0.1) is 0 Å². The first kappa shape index (κ1) is 15.7. The van der Waals surface area contributed by atoms with Gasteiger partial charge in [0.15, 0.2) is 0 Å². The van der Waals surface area contributed by atoms with Crippen LogP contribution in [0.3, 0.4) is 0 Å². The molecule has 0 amide bonds. The molecule has 2 aromatic rings. The van der Waals surface area contributed by atoms with Gasteiger partial charge in [-0.25, -0.2) is 4.79 Å². The zero-order chi connectivity index (χ0) is 16.1. The molecule has 0 saturated carbocycles. The summed E-state index contributed by atoms with van der Waals surface area (Å²) in [7, 11) is 0. The zero-order valence-electron chi connectivity index (χ0n) is 12.9. The minimum atomic E-state index is -0.897. The molecule has 1 fully saturated rings. The van der Waals surface area contributed by atoms with Crippen LogP contribution in [0.25, 0.3) is 0 Å². The summed E-state index contributed by atoms with van der Waals surface area (Å²) in [6, 6.07) is 17.5. The van der Waals surface area contributed by atoms with E-state index in [0.29, 0.717) is 12.1 Å². The number of aromatic carboxylic acids is 1. The fraction of sp³-hybridized carbons (Fsp3) is 0.316. The molecular formula is C19H21NO3. The number of nitrogens with one attached hydrogen (secondary N) is 1. The van der Waals surface area contributed by atoms with Crippen molar-refractivity contribution in [2.45, 2.75) is 31.5 Å². The maximum Gasteiger partial charge on any atom is 0.335 e. The van der Waals surface area contributed by atoms with Gasteiger partial charge in [-0.2, -0.15) is 0 Å². The summed E-state index contributed by atoms with van der Waals surface area (Å²) in [6.45, 7) is 1.50. The number of carbonyl (C=O) groups is 1. The van der Waals surface area contributed by atoms with Gasteiger partial charge in [-0.1, -0.05) is 42.5 Å². The lowest BCUT2D eigenvalue weighted by atomic mass is 9.99. The Kier molecular flexibility index (Phi) is 5.05. The second-order valence-electron chi connectivity index (χ2n) is 5.82. The number of hydrogen-bond donors (Lipinski definition) is 2. The quantitative estimate of drug-likeness (QED) is 0.858. The fourth-order valence-corrected chi connectivity index (χ4v) is 2.98. The van der Waals surface area contributed by atoms with Crippen molar-refractivity contribution >= 4 is 5.97 Å². The molecule has 4 heteroatoms. The van der Waals surface area contributed by atoms with Gasteiger partial charge in [0.05, 0.1) is 17.7 Å². The Hall–Kier alpha value is -2.17. The van der Waals surface area contributed by atoms with Gasteiger partial charge in [0.2, 0.25) is 0 Å². The Bertz CT molecular complexity index is 633. The summed E-state index contributed by atoms with van der Waals surface area (Å²) in [5, 5.41) is 12.5. The highest BCUT2D eigenvalue weighted by atomic mass is 16.5. The normalized spacial score (nSPS) is 18.7. The first-order valence-corrected chi connectivity index (χ1v) is 7.96. The van der Waals surface area contributed by atoms with E-state index < -0.39 is 5.97 Å². The number of hydrogen-bond acceptors (Lipinski definition) is 3. The molecule has 0 radical (unpaired) electrons. The topological polar surface area (TPSA) is 58.6 Å². The van der Waals surface area contributed by atoms with Gasteiger partial charge in [0.25, 0.3) is 0 Å². The summed E-state index contributed by atoms with van der Waals surface area (Å²) in [6.07, 6.45) is 2.35. The fourth-order valence-electron chi connectivity index (χ4n) is 2.98. The molecule has 2 atom stereocenters. The number of ether oxygens (including phenoxy) is 1. The average molecular weight is 311 g/mol. The van der Waals surface area contributed by atoms with Crippen LogP contribution >= 0.6 is 0 Å². The highest BCUT2D eigenvalue weighted by Crippen LogP contribution is 2.27.